The van der Waals surface area contributed by atoms with Crippen LogP contribution in [0.1, 0.15) is 65.7 Å². The van der Waals surface area contributed by atoms with Crippen molar-refractivity contribution in [3.05, 3.63) is 11.6 Å². The molecule has 1 saturated heterocycles. The first-order valence-corrected chi connectivity index (χ1v) is 9.30. The molecule has 0 radical (unpaired) electrons. The molecule has 4 rings (SSSR count). The normalized spacial score (nSPS) is 53.2. The highest BCUT2D eigenvalue weighted by atomic mass is 16.5. The Morgan fingerprint density at radius 3 is 2.81 bits per heavy atom. The summed E-state index contributed by atoms with van der Waals surface area (Å²) in [6, 6.07) is 0. The van der Waals surface area contributed by atoms with Gasteiger partial charge in [0.15, 0.2) is 0 Å². The number of hydrogen-bond acceptors (Lipinski definition) is 1. The van der Waals surface area contributed by atoms with Crippen LogP contribution in [0.15, 0.2) is 11.6 Å². The summed E-state index contributed by atoms with van der Waals surface area (Å²) >= 11 is 0. The Labute approximate surface area is 130 Å². The molecule has 4 aliphatic rings. The van der Waals surface area contributed by atoms with Gasteiger partial charge in [-0.05, 0) is 79.4 Å². The van der Waals surface area contributed by atoms with Gasteiger partial charge in [0.05, 0.1) is 6.61 Å². The zero-order valence-electron chi connectivity index (χ0n) is 14.2. The SMILES string of the molecule is CC1CCC2(C)C(=CCC3C4CCOCC4(C)CCC32)C1. The maximum absolute atomic E-state index is 5.85. The lowest BCUT2D eigenvalue weighted by Crippen LogP contribution is -2.53. The fourth-order valence-corrected chi connectivity index (χ4v) is 6.49. The second kappa shape index (κ2) is 4.85. The summed E-state index contributed by atoms with van der Waals surface area (Å²) in [6.07, 6.45) is 12.5. The number of hydrogen-bond donors (Lipinski definition) is 0. The predicted molar refractivity (Wildman–Crippen MR) is 87.1 cm³/mol. The van der Waals surface area contributed by atoms with E-state index >= 15 is 0 Å². The van der Waals surface area contributed by atoms with E-state index in [2.05, 4.69) is 26.8 Å². The molecule has 0 spiro atoms. The molecule has 6 unspecified atom stereocenters. The highest BCUT2D eigenvalue weighted by Crippen LogP contribution is 2.62. The Hall–Kier alpha value is -0.300. The molecule has 118 valence electrons. The fourth-order valence-electron chi connectivity index (χ4n) is 6.49. The molecular formula is C20H32O. The van der Waals surface area contributed by atoms with Crippen LogP contribution >= 0.6 is 0 Å². The molecule has 6 atom stereocenters. The second-order valence-electron chi connectivity index (χ2n) is 9.14. The Balaban J connectivity index is 1.66. The Bertz CT molecular complexity index is 453. The van der Waals surface area contributed by atoms with Crippen molar-refractivity contribution < 1.29 is 4.74 Å². The van der Waals surface area contributed by atoms with E-state index in [9.17, 15) is 0 Å². The number of rotatable bonds is 0. The van der Waals surface area contributed by atoms with Crippen molar-refractivity contribution in [1.82, 2.24) is 0 Å². The summed E-state index contributed by atoms with van der Waals surface area (Å²) in [5, 5.41) is 0. The van der Waals surface area contributed by atoms with E-state index in [4.69, 9.17) is 4.74 Å². The summed E-state index contributed by atoms with van der Waals surface area (Å²) < 4.78 is 5.85. The van der Waals surface area contributed by atoms with Gasteiger partial charge in [0, 0.05) is 6.61 Å². The summed E-state index contributed by atoms with van der Waals surface area (Å²) in [5.41, 5.74) is 2.84. The standard InChI is InChI=1S/C20H32O/c1-14-6-10-20(3)15(12-14)4-5-16-17-8-11-21-13-19(17,2)9-7-18(16)20/h4,14,16-18H,5-13H2,1-3H3. The van der Waals surface area contributed by atoms with E-state index < -0.39 is 0 Å². The molecule has 0 N–H and O–H groups in total. The van der Waals surface area contributed by atoms with Crippen molar-refractivity contribution in [2.45, 2.75) is 65.7 Å². The molecule has 0 aromatic carbocycles. The summed E-state index contributed by atoms with van der Waals surface area (Å²) in [5.74, 6) is 3.73. The molecular weight excluding hydrogens is 256 g/mol. The van der Waals surface area contributed by atoms with Crippen LogP contribution in [0.3, 0.4) is 0 Å². The van der Waals surface area contributed by atoms with Crippen molar-refractivity contribution in [3.8, 4) is 0 Å². The van der Waals surface area contributed by atoms with Crippen LogP contribution in [0.4, 0.5) is 0 Å². The van der Waals surface area contributed by atoms with Gasteiger partial charge in [-0.25, -0.2) is 0 Å². The van der Waals surface area contributed by atoms with E-state index in [0.717, 1.165) is 36.9 Å². The lowest BCUT2D eigenvalue weighted by atomic mass is 9.46. The van der Waals surface area contributed by atoms with Gasteiger partial charge in [0.1, 0.15) is 0 Å². The molecule has 3 fully saturated rings. The molecule has 0 amide bonds. The quantitative estimate of drug-likeness (QED) is 0.556. The van der Waals surface area contributed by atoms with Crippen LogP contribution in [0.25, 0.3) is 0 Å². The Kier molecular flexibility index (Phi) is 3.30. The van der Waals surface area contributed by atoms with Crippen LogP contribution < -0.4 is 0 Å². The van der Waals surface area contributed by atoms with Gasteiger partial charge in [-0.3, -0.25) is 0 Å². The minimum absolute atomic E-state index is 0.475. The lowest BCUT2D eigenvalue weighted by molar-refractivity contribution is -0.123. The topological polar surface area (TPSA) is 9.23 Å². The third-order valence-electron chi connectivity index (χ3n) is 7.87. The Morgan fingerprint density at radius 1 is 1.10 bits per heavy atom. The van der Waals surface area contributed by atoms with Gasteiger partial charge in [0.2, 0.25) is 0 Å². The van der Waals surface area contributed by atoms with Gasteiger partial charge in [0.25, 0.3) is 0 Å². The first-order chi connectivity index (χ1) is 10.0. The zero-order chi connectivity index (χ0) is 14.7. The van der Waals surface area contributed by atoms with Gasteiger partial charge in [-0.15, -0.1) is 0 Å². The number of fused-ring (bicyclic) bond motifs is 5. The van der Waals surface area contributed by atoms with Crippen molar-refractivity contribution in [3.63, 3.8) is 0 Å². The minimum Gasteiger partial charge on any atom is -0.381 e. The van der Waals surface area contributed by atoms with Gasteiger partial charge >= 0.3 is 0 Å². The van der Waals surface area contributed by atoms with E-state index in [0.29, 0.717) is 10.8 Å². The summed E-state index contributed by atoms with van der Waals surface area (Å²) in [7, 11) is 0. The molecule has 21 heavy (non-hydrogen) atoms. The fraction of sp³-hybridized carbons (Fsp3) is 0.900. The third kappa shape index (κ3) is 2.06. The highest BCUT2D eigenvalue weighted by molar-refractivity contribution is 5.24. The lowest BCUT2D eigenvalue weighted by Gasteiger charge is -2.59. The average molecular weight is 288 g/mol. The molecule has 0 aromatic rings. The summed E-state index contributed by atoms with van der Waals surface area (Å²) in [6.45, 7) is 9.60. The molecule has 2 saturated carbocycles. The number of allylic oxidation sites excluding steroid dienone is 2. The Morgan fingerprint density at radius 2 is 1.95 bits per heavy atom. The molecule has 1 aliphatic heterocycles. The largest absolute Gasteiger partial charge is 0.381 e. The van der Waals surface area contributed by atoms with Gasteiger partial charge in [-0.1, -0.05) is 32.4 Å². The maximum Gasteiger partial charge on any atom is 0.0522 e. The maximum atomic E-state index is 5.85. The minimum atomic E-state index is 0.475. The van der Waals surface area contributed by atoms with Gasteiger partial charge in [-0.2, -0.15) is 0 Å². The van der Waals surface area contributed by atoms with Crippen LogP contribution in [0, 0.1) is 34.5 Å². The second-order valence-corrected chi connectivity index (χ2v) is 9.14. The van der Waals surface area contributed by atoms with Crippen LogP contribution in [-0.4, -0.2) is 13.2 Å². The van der Waals surface area contributed by atoms with Crippen molar-refractivity contribution in [1.29, 1.82) is 0 Å². The molecule has 1 nitrogen and oxygen atoms in total. The van der Waals surface area contributed by atoms with Crippen LogP contribution in [0.2, 0.25) is 0 Å². The van der Waals surface area contributed by atoms with Crippen molar-refractivity contribution >= 4 is 0 Å². The van der Waals surface area contributed by atoms with E-state index in [1.807, 2.05) is 5.57 Å². The van der Waals surface area contributed by atoms with Crippen LogP contribution in [-0.2, 0) is 4.74 Å². The molecule has 0 bridgehead atoms. The summed E-state index contributed by atoms with van der Waals surface area (Å²) in [4.78, 5) is 0. The predicted octanol–water partition coefficient (Wildman–Crippen LogP) is 5.21. The van der Waals surface area contributed by atoms with E-state index in [1.54, 1.807) is 0 Å². The first kappa shape index (κ1) is 14.3. The molecule has 3 aliphatic carbocycles. The van der Waals surface area contributed by atoms with Gasteiger partial charge < -0.3 is 4.74 Å². The van der Waals surface area contributed by atoms with E-state index in [1.165, 1.54) is 44.9 Å². The zero-order valence-corrected chi connectivity index (χ0v) is 14.2. The number of ether oxygens (including phenoxy) is 1. The molecule has 0 aromatic heterocycles. The third-order valence-corrected chi connectivity index (χ3v) is 7.87. The molecule has 1 heterocycles. The molecule has 1 heteroatoms. The van der Waals surface area contributed by atoms with Crippen molar-refractivity contribution in [2.24, 2.45) is 34.5 Å². The monoisotopic (exact) mass is 288 g/mol. The van der Waals surface area contributed by atoms with Crippen LogP contribution in [0.5, 0.6) is 0 Å². The smallest absolute Gasteiger partial charge is 0.0522 e. The van der Waals surface area contributed by atoms with Crippen molar-refractivity contribution in [2.75, 3.05) is 13.2 Å². The first-order valence-electron chi connectivity index (χ1n) is 9.30. The highest BCUT2D eigenvalue weighted by Gasteiger charge is 2.55. The van der Waals surface area contributed by atoms with E-state index in [-0.39, 0.29) is 0 Å². The average Bonchev–Trinajstić information content (AvgIpc) is 2.47.